The summed E-state index contributed by atoms with van der Waals surface area (Å²) in [5.74, 6) is -1.21. The first-order valence-electron chi connectivity index (χ1n) is 8.01. The predicted molar refractivity (Wildman–Crippen MR) is 92.8 cm³/mol. The zero-order valence-electron chi connectivity index (χ0n) is 14.4. The van der Waals surface area contributed by atoms with Gasteiger partial charge >= 0.3 is 6.03 Å². The molecule has 136 valence electrons. The third-order valence-corrected chi connectivity index (χ3v) is 4.36. The largest absolute Gasteiger partial charge is 0.325 e. The molecule has 8 heteroatoms. The first-order chi connectivity index (χ1) is 11.6. The number of urea groups is 1. The lowest BCUT2D eigenvalue weighted by atomic mass is 9.92. The Morgan fingerprint density at radius 1 is 1.40 bits per heavy atom. The average molecular weight is 370 g/mol. The van der Waals surface area contributed by atoms with Crippen molar-refractivity contribution in [2.45, 2.75) is 39.2 Å². The highest BCUT2D eigenvalue weighted by Crippen LogP contribution is 2.25. The molecule has 6 nitrogen and oxygen atoms in total. The van der Waals surface area contributed by atoms with Crippen LogP contribution in [0.2, 0.25) is 5.02 Å². The molecule has 2 N–H and O–H groups in total. The van der Waals surface area contributed by atoms with Gasteiger partial charge in [0, 0.05) is 5.69 Å². The fourth-order valence-electron chi connectivity index (χ4n) is 2.56. The smallest absolute Gasteiger partial charge is 0.324 e. The van der Waals surface area contributed by atoms with Crippen LogP contribution in [-0.4, -0.2) is 34.8 Å². The Morgan fingerprint density at radius 2 is 2.08 bits per heavy atom. The number of benzene rings is 1. The molecule has 1 aromatic rings. The van der Waals surface area contributed by atoms with Gasteiger partial charge in [0.15, 0.2) is 0 Å². The van der Waals surface area contributed by atoms with E-state index < -0.39 is 35.7 Å². The highest BCUT2D eigenvalue weighted by molar-refractivity contribution is 6.31. The number of halogens is 2. The molecule has 1 unspecified atom stereocenters. The summed E-state index contributed by atoms with van der Waals surface area (Å²) >= 11 is 5.66. The number of carbonyl (C=O) groups excluding carboxylic acids is 3. The second-order valence-corrected chi connectivity index (χ2v) is 7.17. The van der Waals surface area contributed by atoms with Gasteiger partial charge in [0.25, 0.3) is 5.91 Å². The maximum absolute atomic E-state index is 13.1. The van der Waals surface area contributed by atoms with Crippen molar-refractivity contribution in [2.24, 2.45) is 5.92 Å². The van der Waals surface area contributed by atoms with Gasteiger partial charge in [0.05, 0.1) is 5.02 Å². The van der Waals surface area contributed by atoms with Crippen molar-refractivity contribution in [2.75, 3.05) is 11.9 Å². The van der Waals surface area contributed by atoms with Gasteiger partial charge in [-0.3, -0.25) is 14.5 Å². The van der Waals surface area contributed by atoms with Crippen molar-refractivity contribution in [3.63, 3.8) is 0 Å². The Labute approximate surface area is 150 Å². The fraction of sp³-hybridized carbons (Fsp3) is 0.471. The van der Waals surface area contributed by atoms with E-state index in [2.05, 4.69) is 10.6 Å². The molecule has 0 spiro atoms. The monoisotopic (exact) mass is 369 g/mol. The van der Waals surface area contributed by atoms with Gasteiger partial charge < -0.3 is 10.6 Å². The van der Waals surface area contributed by atoms with Gasteiger partial charge in [-0.25, -0.2) is 9.18 Å². The van der Waals surface area contributed by atoms with Gasteiger partial charge in [-0.1, -0.05) is 25.4 Å². The summed E-state index contributed by atoms with van der Waals surface area (Å²) in [6, 6.07) is 3.13. The normalized spacial score (nSPS) is 20.2. The Balaban J connectivity index is 2.01. The molecule has 1 aromatic carbocycles. The van der Waals surface area contributed by atoms with E-state index in [1.165, 1.54) is 12.1 Å². The van der Waals surface area contributed by atoms with Crippen LogP contribution in [0.25, 0.3) is 0 Å². The molecule has 0 radical (unpaired) electrons. The number of hydrogen-bond donors (Lipinski definition) is 2. The molecule has 0 aromatic heterocycles. The molecular weight excluding hydrogens is 349 g/mol. The minimum atomic E-state index is -0.999. The molecule has 1 aliphatic heterocycles. The molecule has 0 saturated carbocycles. The number of anilines is 1. The summed E-state index contributed by atoms with van der Waals surface area (Å²) in [5, 5.41) is 5.02. The number of carbonyl (C=O) groups is 3. The summed E-state index contributed by atoms with van der Waals surface area (Å²) in [6.45, 7) is 5.30. The van der Waals surface area contributed by atoms with Crippen LogP contribution in [0.1, 0.15) is 33.6 Å². The molecule has 0 bridgehead atoms. The van der Waals surface area contributed by atoms with Crippen LogP contribution in [0.4, 0.5) is 14.9 Å². The molecule has 4 amide bonds. The molecule has 0 aliphatic carbocycles. The van der Waals surface area contributed by atoms with Crippen molar-refractivity contribution in [1.82, 2.24) is 10.2 Å². The van der Waals surface area contributed by atoms with Crippen LogP contribution in [0.15, 0.2) is 18.2 Å². The van der Waals surface area contributed by atoms with Gasteiger partial charge in [0.2, 0.25) is 5.91 Å². The summed E-state index contributed by atoms with van der Waals surface area (Å²) < 4.78 is 13.1. The van der Waals surface area contributed by atoms with Crippen LogP contribution >= 0.6 is 11.6 Å². The summed E-state index contributed by atoms with van der Waals surface area (Å²) in [6.07, 6.45) is 1.28. The van der Waals surface area contributed by atoms with Crippen molar-refractivity contribution >= 4 is 35.1 Å². The second-order valence-electron chi connectivity index (χ2n) is 6.76. The molecule has 1 saturated heterocycles. The Hall–Kier alpha value is -2.15. The van der Waals surface area contributed by atoms with Crippen LogP contribution in [0.3, 0.4) is 0 Å². The van der Waals surface area contributed by atoms with E-state index in [9.17, 15) is 18.8 Å². The summed E-state index contributed by atoms with van der Waals surface area (Å²) in [7, 11) is 0. The van der Waals surface area contributed by atoms with Crippen LogP contribution in [0, 0.1) is 11.7 Å². The van der Waals surface area contributed by atoms with E-state index in [4.69, 9.17) is 11.6 Å². The minimum absolute atomic E-state index is 0.131. The van der Waals surface area contributed by atoms with E-state index in [1.807, 2.05) is 13.8 Å². The Morgan fingerprint density at radius 3 is 2.68 bits per heavy atom. The zero-order chi connectivity index (χ0) is 18.8. The number of nitrogens with one attached hydrogen (secondary N) is 2. The van der Waals surface area contributed by atoms with Gasteiger partial charge in [-0.05, 0) is 43.9 Å². The number of rotatable bonds is 6. The molecule has 1 atom stereocenters. The summed E-state index contributed by atoms with van der Waals surface area (Å²) in [4.78, 5) is 37.6. The van der Waals surface area contributed by atoms with Crippen molar-refractivity contribution in [3.05, 3.63) is 29.0 Å². The van der Waals surface area contributed by atoms with E-state index >= 15 is 0 Å². The van der Waals surface area contributed by atoms with E-state index in [0.29, 0.717) is 12.3 Å². The summed E-state index contributed by atoms with van der Waals surface area (Å²) in [5.41, 5.74) is -0.716. The molecule has 1 fully saturated rings. The first kappa shape index (κ1) is 19.2. The van der Waals surface area contributed by atoms with Crippen molar-refractivity contribution in [3.8, 4) is 0 Å². The van der Waals surface area contributed by atoms with Crippen LogP contribution in [-0.2, 0) is 9.59 Å². The maximum atomic E-state index is 13.1. The van der Waals surface area contributed by atoms with Gasteiger partial charge in [0.1, 0.15) is 17.9 Å². The van der Waals surface area contributed by atoms with Gasteiger partial charge in [-0.15, -0.1) is 0 Å². The fourth-order valence-corrected chi connectivity index (χ4v) is 2.74. The zero-order valence-corrected chi connectivity index (χ0v) is 15.1. The number of hydrogen-bond acceptors (Lipinski definition) is 3. The molecule has 25 heavy (non-hydrogen) atoms. The minimum Gasteiger partial charge on any atom is -0.324 e. The maximum Gasteiger partial charge on any atom is 0.325 e. The van der Waals surface area contributed by atoms with E-state index in [1.54, 1.807) is 6.92 Å². The van der Waals surface area contributed by atoms with E-state index in [0.717, 1.165) is 17.4 Å². The average Bonchev–Trinajstić information content (AvgIpc) is 2.73. The van der Waals surface area contributed by atoms with Crippen LogP contribution < -0.4 is 10.6 Å². The number of amides is 4. The predicted octanol–water partition coefficient (Wildman–Crippen LogP) is 3.16. The first-order valence-corrected chi connectivity index (χ1v) is 8.39. The Bertz CT molecular complexity index is 710. The lowest BCUT2D eigenvalue weighted by Crippen LogP contribution is -2.44. The molecule has 1 heterocycles. The third-order valence-electron chi connectivity index (χ3n) is 4.07. The van der Waals surface area contributed by atoms with Gasteiger partial charge in [-0.2, -0.15) is 0 Å². The topological polar surface area (TPSA) is 78.5 Å². The van der Waals surface area contributed by atoms with E-state index in [-0.39, 0.29) is 10.7 Å². The Kier molecular flexibility index (Phi) is 5.67. The quantitative estimate of drug-likeness (QED) is 0.756. The highest BCUT2D eigenvalue weighted by atomic mass is 35.5. The SMILES string of the molecule is CC(C)CCC1(C)NC(=O)N(CC(=O)Nc2ccc(F)c(Cl)c2)C1=O. The van der Waals surface area contributed by atoms with Crippen LogP contribution in [0.5, 0.6) is 0 Å². The van der Waals surface area contributed by atoms with Crippen molar-refractivity contribution < 1.29 is 18.8 Å². The highest BCUT2D eigenvalue weighted by Gasteiger charge is 2.47. The van der Waals surface area contributed by atoms with Crippen molar-refractivity contribution in [1.29, 1.82) is 0 Å². The third kappa shape index (κ3) is 4.48. The number of nitrogens with zero attached hydrogens (tertiary/aromatic N) is 1. The molecular formula is C17H21ClFN3O3. The molecule has 1 aliphatic rings. The standard InChI is InChI=1S/C17H21ClFN3O3/c1-10(2)6-7-17(3)15(24)22(16(25)21-17)9-14(23)20-11-4-5-13(19)12(18)8-11/h4-5,8,10H,6-7,9H2,1-3H3,(H,20,23)(H,21,25). The second kappa shape index (κ2) is 7.39. The lowest BCUT2D eigenvalue weighted by molar-refractivity contribution is -0.133. The number of imide groups is 1. The lowest BCUT2D eigenvalue weighted by Gasteiger charge is -2.22. The molecule has 2 rings (SSSR count).